The first-order valence-corrected chi connectivity index (χ1v) is 7.75. The molecule has 0 radical (unpaired) electrons. The Morgan fingerprint density at radius 1 is 0.769 bits per heavy atom. The molecule has 9 nitrogen and oxygen atoms in total. The molecule has 4 heterocycles. The van der Waals surface area contributed by atoms with Crippen molar-refractivity contribution in [3.8, 4) is 11.6 Å². The van der Waals surface area contributed by atoms with E-state index in [1.165, 1.54) is 0 Å². The third kappa shape index (κ3) is 3.41. The standard InChI is InChI=1S/C17H14N8O/c26-17(22-13-1-3-15(20-9-13)24-7-5-18-11-24)23-14-2-4-16(21-10-14)25-8-6-19-12-25/h1-12H,(H2,22,23,26). The zero-order valence-electron chi connectivity index (χ0n) is 13.5. The lowest BCUT2D eigenvalue weighted by Gasteiger charge is -2.08. The molecule has 0 unspecified atom stereocenters. The number of amides is 2. The van der Waals surface area contributed by atoms with Crippen molar-refractivity contribution in [2.75, 3.05) is 10.6 Å². The summed E-state index contributed by atoms with van der Waals surface area (Å²) in [4.78, 5) is 28.6. The van der Waals surface area contributed by atoms with Crippen LogP contribution in [-0.4, -0.2) is 35.1 Å². The van der Waals surface area contributed by atoms with Gasteiger partial charge in [-0.2, -0.15) is 0 Å². The molecule has 0 aliphatic rings. The van der Waals surface area contributed by atoms with Crippen molar-refractivity contribution in [1.29, 1.82) is 0 Å². The van der Waals surface area contributed by atoms with Gasteiger partial charge in [-0.15, -0.1) is 0 Å². The summed E-state index contributed by atoms with van der Waals surface area (Å²) in [5, 5.41) is 5.45. The lowest BCUT2D eigenvalue weighted by molar-refractivity contribution is 0.262. The molecule has 9 heteroatoms. The molecule has 0 spiro atoms. The van der Waals surface area contributed by atoms with Gasteiger partial charge in [0.2, 0.25) is 0 Å². The van der Waals surface area contributed by atoms with Crippen LogP contribution in [0.5, 0.6) is 0 Å². The molecule has 0 saturated carbocycles. The number of aromatic nitrogens is 6. The molecule has 26 heavy (non-hydrogen) atoms. The van der Waals surface area contributed by atoms with Gasteiger partial charge in [-0.25, -0.2) is 24.7 Å². The Morgan fingerprint density at radius 3 is 1.62 bits per heavy atom. The van der Waals surface area contributed by atoms with Crippen molar-refractivity contribution in [3.63, 3.8) is 0 Å². The predicted molar refractivity (Wildman–Crippen MR) is 95.4 cm³/mol. The first-order chi connectivity index (χ1) is 12.8. The number of carbonyl (C=O) groups excluding carboxylic acids is 1. The molecular formula is C17H14N8O. The number of nitrogens with one attached hydrogen (secondary N) is 2. The highest BCUT2D eigenvalue weighted by atomic mass is 16.2. The molecule has 4 aromatic rings. The Kier molecular flexibility index (Phi) is 4.09. The smallest absolute Gasteiger partial charge is 0.306 e. The highest BCUT2D eigenvalue weighted by Gasteiger charge is 2.05. The van der Waals surface area contributed by atoms with Crippen LogP contribution in [0.4, 0.5) is 16.2 Å². The van der Waals surface area contributed by atoms with Gasteiger partial charge < -0.3 is 10.6 Å². The van der Waals surface area contributed by atoms with E-state index < -0.39 is 0 Å². The first-order valence-electron chi connectivity index (χ1n) is 7.75. The van der Waals surface area contributed by atoms with Crippen molar-refractivity contribution in [2.45, 2.75) is 0 Å². The lowest BCUT2D eigenvalue weighted by atomic mass is 10.4. The zero-order valence-corrected chi connectivity index (χ0v) is 13.5. The SMILES string of the molecule is O=C(Nc1ccc(-n2ccnc2)nc1)Nc1ccc(-n2ccnc2)nc1. The summed E-state index contributed by atoms with van der Waals surface area (Å²) in [7, 11) is 0. The molecule has 0 bridgehead atoms. The van der Waals surface area contributed by atoms with E-state index in [0.29, 0.717) is 23.0 Å². The molecule has 4 aromatic heterocycles. The van der Waals surface area contributed by atoms with Crippen LogP contribution in [0, 0.1) is 0 Å². The Morgan fingerprint density at radius 2 is 1.27 bits per heavy atom. The lowest BCUT2D eigenvalue weighted by Crippen LogP contribution is -2.19. The highest BCUT2D eigenvalue weighted by molar-refractivity contribution is 5.99. The van der Waals surface area contributed by atoms with Gasteiger partial charge in [0.1, 0.15) is 24.3 Å². The molecule has 0 aromatic carbocycles. The number of anilines is 2. The average molecular weight is 346 g/mol. The quantitative estimate of drug-likeness (QED) is 0.591. The largest absolute Gasteiger partial charge is 0.323 e. The normalized spacial score (nSPS) is 10.5. The van der Waals surface area contributed by atoms with Crippen LogP contribution in [0.1, 0.15) is 0 Å². The van der Waals surface area contributed by atoms with Crippen LogP contribution in [0.3, 0.4) is 0 Å². The van der Waals surface area contributed by atoms with E-state index in [1.54, 1.807) is 83.2 Å². The summed E-state index contributed by atoms with van der Waals surface area (Å²) >= 11 is 0. The second-order valence-electron chi connectivity index (χ2n) is 5.33. The second-order valence-corrected chi connectivity index (χ2v) is 5.33. The van der Waals surface area contributed by atoms with E-state index in [4.69, 9.17) is 0 Å². The van der Waals surface area contributed by atoms with Gasteiger partial charge in [0, 0.05) is 24.8 Å². The maximum atomic E-state index is 12.1. The molecule has 2 N–H and O–H groups in total. The summed E-state index contributed by atoms with van der Waals surface area (Å²) in [5.74, 6) is 1.43. The van der Waals surface area contributed by atoms with Crippen molar-refractivity contribution < 1.29 is 4.79 Å². The molecule has 0 aliphatic heterocycles. The average Bonchev–Trinajstić information content (AvgIpc) is 3.37. The van der Waals surface area contributed by atoms with Crippen molar-refractivity contribution >= 4 is 17.4 Å². The maximum absolute atomic E-state index is 12.1. The first kappa shape index (κ1) is 15.5. The highest BCUT2D eigenvalue weighted by Crippen LogP contribution is 2.12. The Hall–Kier alpha value is -4.01. The van der Waals surface area contributed by atoms with E-state index in [0.717, 1.165) is 0 Å². The second kappa shape index (κ2) is 6.85. The van der Waals surface area contributed by atoms with Crippen LogP contribution in [0.15, 0.2) is 74.1 Å². The zero-order chi connectivity index (χ0) is 17.8. The number of urea groups is 1. The molecule has 128 valence electrons. The molecule has 2 amide bonds. The van der Waals surface area contributed by atoms with E-state index in [2.05, 4.69) is 30.6 Å². The van der Waals surface area contributed by atoms with Crippen LogP contribution in [0.25, 0.3) is 11.6 Å². The molecular weight excluding hydrogens is 332 g/mol. The van der Waals surface area contributed by atoms with E-state index in [-0.39, 0.29) is 6.03 Å². The summed E-state index contributed by atoms with van der Waals surface area (Å²) in [6, 6.07) is 6.74. The topological polar surface area (TPSA) is 103 Å². The minimum Gasteiger partial charge on any atom is -0.306 e. The van der Waals surface area contributed by atoms with Crippen LogP contribution < -0.4 is 10.6 Å². The minimum atomic E-state index is -0.376. The third-order valence-electron chi connectivity index (χ3n) is 3.55. The van der Waals surface area contributed by atoms with Gasteiger partial charge in [-0.3, -0.25) is 9.13 Å². The van der Waals surface area contributed by atoms with Crippen molar-refractivity contribution in [2.24, 2.45) is 0 Å². The number of nitrogens with zero attached hydrogens (tertiary/aromatic N) is 6. The molecule has 0 atom stereocenters. The van der Waals surface area contributed by atoms with Crippen molar-refractivity contribution in [1.82, 2.24) is 29.1 Å². The van der Waals surface area contributed by atoms with Crippen LogP contribution >= 0.6 is 0 Å². The fraction of sp³-hybridized carbons (Fsp3) is 0. The molecule has 0 saturated heterocycles. The van der Waals surface area contributed by atoms with Gasteiger partial charge in [0.25, 0.3) is 0 Å². The summed E-state index contributed by atoms with van der Waals surface area (Å²) < 4.78 is 3.55. The number of hydrogen-bond acceptors (Lipinski definition) is 5. The van der Waals surface area contributed by atoms with Gasteiger partial charge in [0.05, 0.1) is 23.8 Å². The molecule has 0 aliphatic carbocycles. The van der Waals surface area contributed by atoms with Gasteiger partial charge in [-0.1, -0.05) is 0 Å². The summed E-state index contributed by atoms with van der Waals surface area (Å²) in [6.07, 6.45) is 13.4. The number of carbonyl (C=O) groups is 1. The molecule has 0 fully saturated rings. The van der Waals surface area contributed by atoms with E-state index >= 15 is 0 Å². The van der Waals surface area contributed by atoms with Crippen LogP contribution in [0.2, 0.25) is 0 Å². The van der Waals surface area contributed by atoms with Crippen molar-refractivity contribution in [3.05, 3.63) is 74.1 Å². The Balaban J connectivity index is 1.38. The van der Waals surface area contributed by atoms with E-state index in [1.807, 2.05) is 0 Å². The predicted octanol–water partition coefficient (Wildman–Crippen LogP) is 2.49. The minimum absolute atomic E-state index is 0.376. The Labute approximate surface area is 148 Å². The van der Waals surface area contributed by atoms with Crippen LogP contribution in [-0.2, 0) is 0 Å². The number of pyridine rings is 2. The molecule has 4 rings (SSSR count). The Bertz CT molecular complexity index is 895. The van der Waals surface area contributed by atoms with Gasteiger partial charge in [0.15, 0.2) is 0 Å². The number of imidazole rings is 2. The third-order valence-corrected chi connectivity index (χ3v) is 3.55. The summed E-state index contributed by atoms with van der Waals surface area (Å²) in [5.41, 5.74) is 1.16. The van der Waals surface area contributed by atoms with Gasteiger partial charge >= 0.3 is 6.03 Å². The maximum Gasteiger partial charge on any atom is 0.323 e. The monoisotopic (exact) mass is 346 g/mol. The van der Waals surface area contributed by atoms with E-state index in [9.17, 15) is 4.79 Å². The number of rotatable bonds is 4. The fourth-order valence-electron chi connectivity index (χ4n) is 2.31. The fourth-order valence-corrected chi connectivity index (χ4v) is 2.31. The summed E-state index contributed by atoms with van der Waals surface area (Å²) in [6.45, 7) is 0. The number of hydrogen-bond donors (Lipinski definition) is 2. The van der Waals surface area contributed by atoms with Gasteiger partial charge in [-0.05, 0) is 24.3 Å².